The standard InChI is InChI=1S/C19H25N3O4.ClH/c1-12(22-10-14-5-4-8-19(14,11-22)18(25)26)17(24)21-16-7-3-6-15(9-16)20-13(2)23;/h3,6-7,9,12,14H,4-5,8,10-11H2,1-2H3,(H,20,23)(H,21,24)(H,25,26);1H/t12?,14-,19+;/m0./s1. The number of hydrogen-bond acceptors (Lipinski definition) is 4. The van der Waals surface area contributed by atoms with Crippen LogP contribution in [0.1, 0.15) is 33.1 Å². The molecule has 2 amide bonds. The van der Waals surface area contributed by atoms with E-state index in [0.717, 1.165) is 12.8 Å². The van der Waals surface area contributed by atoms with Crippen molar-refractivity contribution in [2.24, 2.45) is 11.3 Å². The minimum atomic E-state index is -0.738. The van der Waals surface area contributed by atoms with Gasteiger partial charge < -0.3 is 15.7 Å². The average molecular weight is 396 g/mol. The molecule has 1 aliphatic carbocycles. The molecule has 2 aliphatic rings. The first kappa shape index (κ1) is 21.2. The van der Waals surface area contributed by atoms with E-state index in [2.05, 4.69) is 10.6 Å². The normalized spacial score (nSPS) is 25.2. The Balaban J connectivity index is 0.00000261. The molecule has 3 rings (SSSR count). The van der Waals surface area contributed by atoms with Crippen LogP contribution in [0.3, 0.4) is 0 Å². The molecule has 0 bridgehead atoms. The van der Waals surface area contributed by atoms with Crippen LogP contribution in [-0.2, 0) is 14.4 Å². The fraction of sp³-hybridized carbons (Fsp3) is 0.526. The van der Waals surface area contributed by atoms with E-state index in [-0.39, 0.29) is 30.1 Å². The van der Waals surface area contributed by atoms with E-state index in [1.807, 2.05) is 11.8 Å². The summed E-state index contributed by atoms with van der Waals surface area (Å²) < 4.78 is 0. The number of halogens is 1. The molecule has 3 N–H and O–H groups in total. The molecule has 2 fully saturated rings. The largest absolute Gasteiger partial charge is 0.481 e. The number of benzene rings is 1. The van der Waals surface area contributed by atoms with Gasteiger partial charge in [-0.3, -0.25) is 19.3 Å². The molecule has 8 heteroatoms. The molecule has 1 unspecified atom stereocenters. The van der Waals surface area contributed by atoms with Crippen molar-refractivity contribution in [3.63, 3.8) is 0 Å². The predicted molar refractivity (Wildman–Crippen MR) is 105 cm³/mol. The number of likely N-dealkylation sites (tertiary alicyclic amines) is 1. The first-order valence-corrected chi connectivity index (χ1v) is 8.98. The van der Waals surface area contributed by atoms with Crippen molar-refractivity contribution in [1.29, 1.82) is 0 Å². The third-order valence-corrected chi connectivity index (χ3v) is 5.70. The zero-order valence-electron chi connectivity index (χ0n) is 15.5. The lowest BCUT2D eigenvalue weighted by atomic mass is 9.81. The molecule has 1 heterocycles. The van der Waals surface area contributed by atoms with Gasteiger partial charge in [-0.15, -0.1) is 12.4 Å². The van der Waals surface area contributed by atoms with E-state index in [4.69, 9.17) is 0 Å². The first-order valence-electron chi connectivity index (χ1n) is 8.98. The Kier molecular flexibility index (Phi) is 6.49. The quantitative estimate of drug-likeness (QED) is 0.711. The highest BCUT2D eigenvalue weighted by molar-refractivity contribution is 5.96. The molecule has 27 heavy (non-hydrogen) atoms. The molecule has 1 aromatic carbocycles. The number of anilines is 2. The molecule has 1 saturated heterocycles. The van der Waals surface area contributed by atoms with Crippen molar-refractivity contribution in [3.05, 3.63) is 24.3 Å². The average Bonchev–Trinajstić information content (AvgIpc) is 3.12. The van der Waals surface area contributed by atoms with E-state index in [0.29, 0.717) is 30.9 Å². The maximum absolute atomic E-state index is 12.6. The van der Waals surface area contributed by atoms with E-state index in [9.17, 15) is 19.5 Å². The Morgan fingerprint density at radius 2 is 1.93 bits per heavy atom. The lowest BCUT2D eigenvalue weighted by Crippen LogP contribution is -2.43. The summed E-state index contributed by atoms with van der Waals surface area (Å²) in [6.07, 6.45) is 2.55. The van der Waals surface area contributed by atoms with Gasteiger partial charge in [0.2, 0.25) is 11.8 Å². The van der Waals surface area contributed by atoms with Crippen molar-refractivity contribution in [3.8, 4) is 0 Å². The molecule has 148 valence electrons. The third-order valence-electron chi connectivity index (χ3n) is 5.70. The highest BCUT2D eigenvalue weighted by Gasteiger charge is 2.55. The van der Waals surface area contributed by atoms with Crippen LogP contribution in [0, 0.1) is 11.3 Å². The van der Waals surface area contributed by atoms with Crippen LogP contribution in [0.4, 0.5) is 11.4 Å². The summed E-state index contributed by atoms with van der Waals surface area (Å²) in [6.45, 7) is 4.31. The van der Waals surface area contributed by atoms with Crippen molar-refractivity contribution < 1.29 is 19.5 Å². The first-order chi connectivity index (χ1) is 12.3. The number of carbonyl (C=O) groups is 3. The van der Waals surface area contributed by atoms with E-state index in [1.165, 1.54) is 6.92 Å². The number of nitrogens with one attached hydrogen (secondary N) is 2. The summed E-state index contributed by atoms with van der Waals surface area (Å²) in [5.41, 5.74) is 0.517. The number of nitrogens with zero attached hydrogens (tertiary/aromatic N) is 1. The van der Waals surface area contributed by atoms with Gasteiger partial charge in [0, 0.05) is 31.4 Å². The Morgan fingerprint density at radius 1 is 1.26 bits per heavy atom. The Bertz CT molecular complexity index is 741. The van der Waals surface area contributed by atoms with Crippen LogP contribution in [0.2, 0.25) is 0 Å². The van der Waals surface area contributed by atoms with E-state index >= 15 is 0 Å². The zero-order valence-corrected chi connectivity index (χ0v) is 16.3. The molecule has 0 spiro atoms. The maximum atomic E-state index is 12.6. The lowest BCUT2D eigenvalue weighted by molar-refractivity contribution is -0.149. The SMILES string of the molecule is CC(=O)Nc1cccc(NC(=O)C(C)N2C[C@@H]3CCC[C@@]3(C(=O)O)C2)c1.Cl. The summed E-state index contributed by atoms with van der Waals surface area (Å²) in [5.74, 6) is -0.966. The zero-order chi connectivity index (χ0) is 18.9. The van der Waals surface area contributed by atoms with Crippen LogP contribution in [0.15, 0.2) is 24.3 Å². The van der Waals surface area contributed by atoms with Gasteiger partial charge in [-0.05, 0) is 43.9 Å². The summed E-state index contributed by atoms with van der Waals surface area (Å²) >= 11 is 0. The van der Waals surface area contributed by atoms with Gasteiger partial charge in [-0.2, -0.15) is 0 Å². The van der Waals surface area contributed by atoms with Crippen molar-refractivity contribution >= 4 is 41.6 Å². The molecule has 7 nitrogen and oxygen atoms in total. The fourth-order valence-electron chi connectivity index (χ4n) is 4.26. The molecule has 1 aromatic rings. The van der Waals surface area contributed by atoms with E-state index in [1.54, 1.807) is 24.3 Å². The second kappa shape index (κ2) is 8.27. The summed E-state index contributed by atoms with van der Waals surface area (Å²) in [7, 11) is 0. The van der Waals surface area contributed by atoms with Crippen LogP contribution in [0.5, 0.6) is 0 Å². The smallest absolute Gasteiger partial charge is 0.311 e. The van der Waals surface area contributed by atoms with Gasteiger partial charge in [0.05, 0.1) is 11.5 Å². The van der Waals surface area contributed by atoms with E-state index < -0.39 is 17.4 Å². The number of amides is 2. The number of aliphatic carboxylic acids is 1. The van der Waals surface area contributed by atoms with Gasteiger partial charge in [0.25, 0.3) is 0 Å². The van der Waals surface area contributed by atoms with Gasteiger partial charge in [0.15, 0.2) is 0 Å². The fourth-order valence-corrected chi connectivity index (χ4v) is 4.26. The van der Waals surface area contributed by atoms with Crippen molar-refractivity contribution in [2.75, 3.05) is 23.7 Å². The van der Waals surface area contributed by atoms with Crippen LogP contribution >= 0.6 is 12.4 Å². The second-order valence-corrected chi connectivity index (χ2v) is 7.41. The monoisotopic (exact) mass is 395 g/mol. The minimum absolute atomic E-state index is 0. The van der Waals surface area contributed by atoms with Crippen LogP contribution in [-0.4, -0.2) is 46.9 Å². The van der Waals surface area contributed by atoms with Crippen LogP contribution < -0.4 is 10.6 Å². The van der Waals surface area contributed by atoms with Crippen molar-refractivity contribution in [2.45, 2.75) is 39.2 Å². The number of rotatable bonds is 5. The number of hydrogen-bond donors (Lipinski definition) is 3. The molecule has 0 radical (unpaired) electrons. The Hall–Kier alpha value is -2.12. The molecule has 1 aliphatic heterocycles. The summed E-state index contributed by atoms with van der Waals surface area (Å²) in [4.78, 5) is 37.6. The van der Waals surface area contributed by atoms with Gasteiger partial charge in [-0.25, -0.2) is 0 Å². The number of carboxylic acids is 1. The molecule has 0 aromatic heterocycles. The van der Waals surface area contributed by atoms with Gasteiger partial charge in [-0.1, -0.05) is 12.5 Å². The molecular formula is C19H26ClN3O4. The van der Waals surface area contributed by atoms with Gasteiger partial charge in [0.1, 0.15) is 0 Å². The highest BCUT2D eigenvalue weighted by atomic mass is 35.5. The van der Waals surface area contributed by atoms with Crippen molar-refractivity contribution in [1.82, 2.24) is 4.90 Å². The Labute approximate surface area is 164 Å². The maximum Gasteiger partial charge on any atom is 0.311 e. The number of carbonyl (C=O) groups excluding carboxylic acids is 2. The molecule has 1 saturated carbocycles. The molecule has 3 atom stereocenters. The topological polar surface area (TPSA) is 98.7 Å². The second-order valence-electron chi connectivity index (χ2n) is 7.41. The number of fused-ring (bicyclic) bond motifs is 1. The summed E-state index contributed by atoms with van der Waals surface area (Å²) in [6, 6.07) is 6.54. The molecular weight excluding hydrogens is 370 g/mol. The summed E-state index contributed by atoms with van der Waals surface area (Å²) in [5, 5.41) is 15.2. The minimum Gasteiger partial charge on any atom is -0.481 e. The van der Waals surface area contributed by atoms with Gasteiger partial charge >= 0.3 is 5.97 Å². The lowest BCUT2D eigenvalue weighted by Gasteiger charge is -2.26. The number of carboxylic acid groups (broad SMARTS) is 1. The highest BCUT2D eigenvalue weighted by Crippen LogP contribution is 2.49. The van der Waals surface area contributed by atoms with Crippen LogP contribution in [0.25, 0.3) is 0 Å². The predicted octanol–water partition coefficient (Wildman–Crippen LogP) is 2.58. The Morgan fingerprint density at radius 3 is 2.52 bits per heavy atom. The third kappa shape index (κ3) is 4.25.